The van der Waals surface area contributed by atoms with Crippen LogP contribution in [0, 0.1) is 0 Å². The molecule has 1 amide bonds. The lowest BCUT2D eigenvalue weighted by Gasteiger charge is -2.06. The molecular weight excluding hydrogens is 410 g/mol. The SMILES string of the molecule is CCc1nsc(NC(=O)Cc2cccc(C(C)=NOCc3ccc(Cl)nc3)c2)n1. The number of halogens is 1. The van der Waals surface area contributed by atoms with Crippen LogP contribution in [0.2, 0.25) is 5.15 Å². The zero-order chi connectivity index (χ0) is 20.6. The molecule has 0 aliphatic heterocycles. The van der Waals surface area contributed by atoms with Crippen molar-refractivity contribution in [2.75, 3.05) is 5.32 Å². The molecule has 9 heteroatoms. The van der Waals surface area contributed by atoms with Crippen LogP contribution in [0.5, 0.6) is 0 Å². The van der Waals surface area contributed by atoms with Crippen molar-refractivity contribution in [3.63, 3.8) is 0 Å². The summed E-state index contributed by atoms with van der Waals surface area (Å²) < 4.78 is 4.16. The highest BCUT2D eigenvalue weighted by Gasteiger charge is 2.09. The maximum Gasteiger partial charge on any atom is 0.230 e. The number of oxime groups is 1. The maximum atomic E-state index is 12.3. The number of nitrogens with zero attached hydrogens (tertiary/aromatic N) is 4. The van der Waals surface area contributed by atoms with Gasteiger partial charge in [0.2, 0.25) is 11.0 Å². The number of pyridine rings is 1. The summed E-state index contributed by atoms with van der Waals surface area (Å²) in [7, 11) is 0. The van der Waals surface area contributed by atoms with Crippen molar-refractivity contribution < 1.29 is 9.63 Å². The minimum absolute atomic E-state index is 0.137. The van der Waals surface area contributed by atoms with Crippen molar-refractivity contribution >= 4 is 39.9 Å². The molecule has 0 aliphatic carbocycles. The van der Waals surface area contributed by atoms with Gasteiger partial charge in [-0.05, 0) is 30.2 Å². The van der Waals surface area contributed by atoms with Gasteiger partial charge in [0.25, 0.3) is 0 Å². The molecule has 0 unspecified atom stereocenters. The summed E-state index contributed by atoms with van der Waals surface area (Å²) in [6.45, 7) is 4.12. The Labute approximate surface area is 178 Å². The lowest BCUT2D eigenvalue weighted by Crippen LogP contribution is -2.14. The van der Waals surface area contributed by atoms with Gasteiger partial charge in [-0.15, -0.1) is 0 Å². The Morgan fingerprint density at radius 3 is 2.86 bits per heavy atom. The minimum Gasteiger partial charge on any atom is -0.391 e. The summed E-state index contributed by atoms with van der Waals surface area (Å²) in [5.74, 6) is 0.593. The van der Waals surface area contributed by atoms with E-state index in [4.69, 9.17) is 16.4 Å². The second kappa shape index (κ2) is 10.1. The zero-order valence-electron chi connectivity index (χ0n) is 16.1. The fourth-order valence-electron chi connectivity index (χ4n) is 2.45. The second-order valence-electron chi connectivity index (χ2n) is 6.23. The van der Waals surface area contributed by atoms with Gasteiger partial charge in [0.1, 0.15) is 17.6 Å². The lowest BCUT2D eigenvalue weighted by molar-refractivity contribution is -0.115. The number of amides is 1. The number of carbonyl (C=O) groups is 1. The average Bonchev–Trinajstić information content (AvgIpc) is 3.17. The highest BCUT2D eigenvalue weighted by atomic mass is 35.5. The monoisotopic (exact) mass is 429 g/mol. The third-order valence-corrected chi connectivity index (χ3v) is 4.85. The Balaban J connectivity index is 1.57. The molecule has 29 heavy (non-hydrogen) atoms. The quantitative estimate of drug-likeness (QED) is 0.328. The topological polar surface area (TPSA) is 89.4 Å². The number of hydrogen-bond acceptors (Lipinski definition) is 7. The third-order valence-electron chi connectivity index (χ3n) is 3.96. The van der Waals surface area contributed by atoms with Gasteiger partial charge in [0.15, 0.2) is 0 Å². The Morgan fingerprint density at radius 2 is 2.14 bits per heavy atom. The van der Waals surface area contributed by atoms with E-state index in [1.54, 1.807) is 12.3 Å². The number of benzene rings is 1. The van der Waals surface area contributed by atoms with Gasteiger partial charge in [-0.1, -0.05) is 47.9 Å². The number of anilines is 1. The summed E-state index contributed by atoms with van der Waals surface area (Å²) in [6.07, 6.45) is 2.62. The van der Waals surface area contributed by atoms with E-state index < -0.39 is 0 Å². The van der Waals surface area contributed by atoms with Crippen LogP contribution >= 0.6 is 23.1 Å². The predicted octanol–water partition coefficient (Wildman–Crippen LogP) is 4.27. The Hall–Kier alpha value is -2.84. The average molecular weight is 430 g/mol. The van der Waals surface area contributed by atoms with Gasteiger partial charge in [0.05, 0.1) is 12.1 Å². The van der Waals surface area contributed by atoms with Crippen LogP contribution in [0.3, 0.4) is 0 Å². The maximum absolute atomic E-state index is 12.3. The van der Waals surface area contributed by atoms with Gasteiger partial charge in [0, 0.05) is 29.7 Å². The molecule has 3 rings (SSSR count). The van der Waals surface area contributed by atoms with Crippen LogP contribution < -0.4 is 5.32 Å². The highest BCUT2D eigenvalue weighted by Crippen LogP contribution is 2.13. The summed E-state index contributed by atoms with van der Waals surface area (Å²) in [6, 6.07) is 11.2. The molecule has 3 aromatic rings. The van der Waals surface area contributed by atoms with E-state index in [9.17, 15) is 4.79 Å². The molecule has 0 aliphatic rings. The molecule has 0 atom stereocenters. The van der Waals surface area contributed by atoms with Crippen LogP contribution in [-0.4, -0.2) is 26.0 Å². The number of aromatic nitrogens is 3. The molecular formula is C20H20ClN5O2S. The molecule has 0 spiro atoms. The van der Waals surface area contributed by atoms with E-state index >= 15 is 0 Å². The van der Waals surface area contributed by atoms with Gasteiger partial charge in [-0.2, -0.15) is 4.37 Å². The Kier molecular flexibility index (Phi) is 7.26. The first kappa shape index (κ1) is 20.9. The van der Waals surface area contributed by atoms with E-state index in [-0.39, 0.29) is 12.3 Å². The summed E-state index contributed by atoms with van der Waals surface area (Å²) in [5, 5.41) is 7.89. The van der Waals surface area contributed by atoms with Crippen molar-refractivity contribution in [1.82, 2.24) is 14.3 Å². The van der Waals surface area contributed by atoms with E-state index in [1.165, 1.54) is 11.5 Å². The van der Waals surface area contributed by atoms with Crippen LogP contribution in [0.1, 0.15) is 36.4 Å². The summed E-state index contributed by atoms with van der Waals surface area (Å²) in [4.78, 5) is 25.9. The smallest absolute Gasteiger partial charge is 0.230 e. The number of aryl methyl sites for hydroxylation is 1. The fraction of sp³-hybridized carbons (Fsp3) is 0.250. The van der Waals surface area contributed by atoms with Crippen LogP contribution in [0.25, 0.3) is 0 Å². The standard InChI is InChI=1S/C20H20ClN5O2S/c1-3-18-23-20(29-26-18)24-19(27)10-14-5-4-6-16(9-14)13(2)25-28-12-15-7-8-17(21)22-11-15/h4-9,11H,3,10,12H2,1-2H3,(H,23,24,26,27). The molecule has 0 saturated heterocycles. The molecule has 150 valence electrons. The van der Waals surface area contributed by atoms with Gasteiger partial charge < -0.3 is 10.2 Å². The van der Waals surface area contributed by atoms with Crippen LogP contribution in [0.15, 0.2) is 47.8 Å². The zero-order valence-corrected chi connectivity index (χ0v) is 17.6. The summed E-state index contributed by atoms with van der Waals surface area (Å²) in [5.41, 5.74) is 3.34. The summed E-state index contributed by atoms with van der Waals surface area (Å²) >= 11 is 6.95. The van der Waals surface area contributed by atoms with E-state index in [2.05, 4.69) is 24.8 Å². The number of hydrogen-bond donors (Lipinski definition) is 1. The van der Waals surface area contributed by atoms with Crippen molar-refractivity contribution in [2.24, 2.45) is 5.16 Å². The molecule has 0 radical (unpaired) electrons. The second-order valence-corrected chi connectivity index (χ2v) is 7.37. The molecule has 7 nitrogen and oxygen atoms in total. The van der Waals surface area contributed by atoms with E-state index in [1.807, 2.05) is 44.2 Å². The third kappa shape index (κ3) is 6.33. The van der Waals surface area contributed by atoms with Crippen molar-refractivity contribution in [3.05, 3.63) is 70.3 Å². The lowest BCUT2D eigenvalue weighted by atomic mass is 10.1. The molecule has 0 saturated carbocycles. The number of nitrogens with one attached hydrogen (secondary N) is 1. The number of rotatable bonds is 8. The van der Waals surface area contributed by atoms with E-state index in [0.29, 0.717) is 22.6 Å². The fourth-order valence-corrected chi connectivity index (χ4v) is 3.23. The molecule has 0 bridgehead atoms. The first-order valence-electron chi connectivity index (χ1n) is 9.02. The normalized spacial score (nSPS) is 11.3. The van der Waals surface area contributed by atoms with Crippen LogP contribution in [-0.2, 0) is 29.1 Å². The minimum atomic E-state index is -0.137. The molecule has 1 aromatic carbocycles. The molecule has 0 fully saturated rings. The predicted molar refractivity (Wildman–Crippen MR) is 114 cm³/mol. The van der Waals surface area contributed by atoms with Crippen molar-refractivity contribution in [3.8, 4) is 0 Å². The highest BCUT2D eigenvalue weighted by molar-refractivity contribution is 7.09. The molecule has 2 aromatic heterocycles. The van der Waals surface area contributed by atoms with Gasteiger partial charge >= 0.3 is 0 Å². The Morgan fingerprint density at radius 1 is 1.28 bits per heavy atom. The van der Waals surface area contributed by atoms with Gasteiger partial charge in [-0.3, -0.25) is 4.79 Å². The molecule has 1 N–H and O–H groups in total. The first-order valence-corrected chi connectivity index (χ1v) is 10.2. The number of carbonyl (C=O) groups excluding carboxylic acids is 1. The van der Waals surface area contributed by atoms with Crippen LogP contribution in [0.4, 0.5) is 5.13 Å². The van der Waals surface area contributed by atoms with Crippen molar-refractivity contribution in [1.29, 1.82) is 0 Å². The largest absolute Gasteiger partial charge is 0.391 e. The first-order chi connectivity index (χ1) is 14.0. The van der Waals surface area contributed by atoms with E-state index in [0.717, 1.165) is 28.9 Å². The van der Waals surface area contributed by atoms with Crippen molar-refractivity contribution in [2.45, 2.75) is 33.3 Å². The van der Waals surface area contributed by atoms with Gasteiger partial charge in [-0.25, -0.2) is 9.97 Å². The Bertz CT molecular complexity index is 1000. The molecule has 2 heterocycles.